The van der Waals surface area contributed by atoms with E-state index in [-0.39, 0.29) is 17.9 Å². The van der Waals surface area contributed by atoms with E-state index < -0.39 is 0 Å². The van der Waals surface area contributed by atoms with Crippen molar-refractivity contribution in [2.45, 2.75) is 39.7 Å². The normalized spacial score (nSPS) is 12.9. The zero-order chi connectivity index (χ0) is 16.4. The number of aromatic nitrogens is 3. The molecule has 1 amide bonds. The van der Waals surface area contributed by atoms with Gasteiger partial charge in [0.2, 0.25) is 0 Å². The topological polar surface area (TPSA) is 69.0 Å². The molecule has 0 radical (unpaired) electrons. The Balaban J connectivity index is 2.53. The molecule has 0 aliphatic rings. The first-order chi connectivity index (χ1) is 10.3. The molecule has 6 nitrogen and oxygen atoms in total. The zero-order valence-corrected chi connectivity index (χ0v) is 14.1. The summed E-state index contributed by atoms with van der Waals surface area (Å²) in [5, 5.41) is 8.18. The molecule has 22 heavy (non-hydrogen) atoms. The monoisotopic (exact) mass is 304 g/mol. The van der Waals surface area contributed by atoms with Crippen LogP contribution in [0.1, 0.15) is 48.4 Å². The molecule has 0 fully saturated rings. The minimum atomic E-state index is -0.116. The van der Waals surface area contributed by atoms with E-state index in [0.29, 0.717) is 12.2 Å². The molecule has 6 heteroatoms. The number of hydrogen-bond acceptors (Lipinski definition) is 4. The molecule has 1 N–H and O–H groups in total. The second-order valence-electron chi connectivity index (χ2n) is 5.99. The SMILES string of the molecule is COCC(C)NC(=O)c1cc(C(C)C)nc2c1c(C)nn2C. The number of pyridine rings is 1. The number of aryl methyl sites for hydroxylation is 2. The first kappa shape index (κ1) is 16.4. The van der Waals surface area contributed by atoms with E-state index in [1.807, 2.05) is 27.0 Å². The highest BCUT2D eigenvalue weighted by atomic mass is 16.5. The molecular formula is C16H24N4O2. The van der Waals surface area contributed by atoms with Crippen molar-refractivity contribution in [2.24, 2.45) is 7.05 Å². The first-order valence-corrected chi connectivity index (χ1v) is 7.49. The van der Waals surface area contributed by atoms with Gasteiger partial charge in [-0.05, 0) is 25.8 Å². The second kappa shape index (κ2) is 6.44. The molecule has 0 aromatic carbocycles. The molecule has 0 aliphatic carbocycles. The Kier molecular flexibility index (Phi) is 4.81. The molecule has 120 valence electrons. The summed E-state index contributed by atoms with van der Waals surface area (Å²) in [5.41, 5.74) is 3.07. The molecule has 2 aromatic heterocycles. The molecular weight excluding hydrogens is 280 g/mol. The van der Waals surface area contributed by atoms with E-state index in [4.69, 9.17) is 4.74 Å². The Morgan fingerprint density at radius 1 is 1.41 bits per heavy atom. The lowest BCUT2D eigenvalue weighted by atomic mass is 10.0. The molecule has 0 saturated carbocycles. The van der Waals surface area contributed by atoms with Gasteiger partial charge in [-0.3, -0.25) is 9.48 Å². The van der Waals surface area contributed by atoms with Gasteiger partial charge >= 0.3 is 0 Å². The number of ether oxygens (including phenoxy) is 1. The summed E-state index contributed by atoms with van der Waals surface area (Å²) < 4.78 is 6.80. The summed E-state index contributed by atoms with van der Waals surface area (Å²) in [6, 6.07) is 1.82. The van der Waals surface area contributed by atoms with Crippen LogP contribution in [0.3, 0.4) is 0 Å². The Morgan fingerprint density at radius 3 is 2.68 bits per heavy atom. The highest BCUT2D eigenvalue weighted by molar-refractivity contribution is 6.06. The molecule has 0 saturated heterocycles. The van der Waals surface area contributed by atoms with Crippen molar-refractivity contribution in [1.82, 2.24) is 20.1 Å². The first-order valence-electron chi connectivity index (χ1n) is 7.49. The molecule has 2 rings (SSSR count). The van der Waals surface area contributed by atoms with Crippen molar-refractivity contribution in [3.8, 4) is 0 Å². The predicted octanol–water partition coefficient (Wildman–Crippen LogP) is 2.16. The van der Waals surface area contributed by atoms with Gasteiger partial charge in [-0.15, -0.1) is 0 Å². The maximum Gasteiger partial charge on any atom is 0.252 e. The molecule has 0 bridgehead atoms. The van der Waals surface area contributed by atoms with Gasteiger partial charge in [-0.2, -0.15) is 5.10 Å². The summed E-state index contributed by atoms with van der Waals surface area (Å²) in [6.07, 6.45) is 0. The minimum absolute atomic E-state index is 0.0554. The van der Waals surface area contributed by atoms with Crippen LogP contribution in [-0.4, -0.2) is 40.4 Å². The smallest absolute Gasteiger partial charge is 0.252 e. The van der Waals surface area contributed by atoms with Crippen molar-refractivity contribution in [2.75, 3.05) is 13.7 Å². The van der Waals surface area contributed by atoms with Crippen molar-refractivity contribution < 1.29 is 9.53 Å². The number of nitrogens with zero attached hydrogens (tertiary/aromatic N) is 3. The van der Waals surface area contributed by atoms with Gasteiger partial charge in [0.05, 0.1) is 23.3 Å². The predicted molar refractivity (Wildman–Crippen MR) is 86.1 cm³/mol. The molecule has 1 unspecified atom stereocenters. The standard InChI is InChI=1S/C16H24N4O2/c1-9(2)13-7-12(16(21)17-10(3)8-22-6)14-11(4)19-20(5)15(14)18-13/h7,9-10H,8H2,1-6H3,(H,17,21). The van der Waals surface area contributed by atoms with E-state index in [0.717, 1.165) is 22.4 Å². The van der Waals surface area contributed by atoms with Crippen molar-refractivity contribution >= 4 is 16.9 Å². The van der Waals surface area contributed by atoms with Gasteiger partial charge in [-0.1, -0.05) is 13.8 Å². The van der Waals surface area contributed by atoms with Crippen molar-refractivity contribution in [3.05, 3.63) is 23.0 Å². The van der Waals surface area contributed by atoms with E-state index in [1.165, 1.54) is 0 Å². The lowest BCUT2D eigenvalue weighted by Crippen LogP contribution is -2.35. The summed E-state index contributed by atoms with van der Waals surface area (Å²) in [4.78, 5) is 17.3. The number of carbonyl (C=O) groups is 1. The highest BCUT2D eigenvalue weighted by Gasteiger charge is 2.20. The number of nitrogens with one attached hydrogen (secondary N) is 1. The Morgan fingerprint density at radius 2 is 2.09 bits per heavy atom. The minimum Gasteiger partial charge on any atom is -0.383 e. The van der Waals surface area contributed by atoms with Crippen molar-refractivity contribution in [1.29, 1.82) is 0 Å². The van der Waals surface area contributed by atoms with E-state index >= 15 is 0 Å². The summed E-state index contributed by atoms with van der Waals surface area (Å²) in [5.74, 6) is 0.123. The summed E-state index contributed by atoms with van der Waals surface area (Å²) >= 11 is 0. The number of fused-ring (bicyclic) bond motifs is 1. The number of hydrogen-bond donors (Lipinski definition) is 1. The van der Waals surface area contributed by atoms with Gasteiger partial charge in [0.1, 0.15) is 0 Å². The highest BCUT2D eigenvalue weighted by Crippen LogP contribution is 2.24. The van der Waals surface area contributed by atoms with Crippen LogP contribution in [0.25, 0.3) is 11.0 Å². The number of rotatable bonds is 5. The average molecular weight is 304 g/mol. The van der Waals surface area contributed by atoms with Crippen LogP contribution in [-0.2, 0) is 11.8 Å². The van der Waals surface area contributed by atoms with Crippen LogP contribution in [0.15, 0.2) is 6.07 Å². The van der Waals surface area contributed by atoms with E-state index in [1.54, 1.807) is 11.8 Å². The maximum atomic E-state index is 12.6. The van der Waals surface area contributed by atoms with Gasteiger partial charge in [-0.25, -0.2) is 4.98 Å². The number of amides is 1. The Hall–Kier alpha value is -1.95. The van der Waals surface area contributed by atoms with Crippen LogP contribution in [0.2, 0.25) is 0 Å². The van der Waals surface area contributed by atoms with Gasteiger partial charge < -0.3 is 10.1 Å². The summed E-state index contributed by atoms with van der Waals surface area (Å²) in [6.45, 7) is 8.41. The van der Waals surface area contributed by atoms with Crippen LogP contribution in [0, 0.1) is 6.92 Å². The van der Waals surface area contributed by atoms with Crippen LogP contribution in [0.5, 0.6) is 0 Å². The Bertz CT molecular complexity index is 691. The van der Waals surface area contributed by atoms with Gasteiger partial charge in [0, 0.05) is 25.9 Å². The fraction of sp³-hybridized carbons (Fsp3) is 0.562. The fourth-order valence-electron chi connectivity index (χ4n) is 2.53. The average Bonchev–Trinajstić information content (AvgIpc) is 2.73. The lowest BCUT2D eigenvalue weighted by Gasteiger charge is -2.14. The van der Waals surface area contributed by atoms with Crippen LogP contribution >= 0.6 is 0 Å². The number of carbonyl (C=O) groups excluding carboxylic acids is 1. The molecule has 2 heterocycles. The van der Waals surface area contributed by atoms with E-state index in [9.17, 15) is 4.79 Å². The third-order valence-electron chi connectivity index (χ3n) is 3.62. The van der Waals surface area contributed by atoms with Crippen molar-refractivity contribution in [3.63, 3.8) is 0 Å². The molecule has 1 atom stereocenters. The quantitative estimate of drug-likeness (QED) is 0.919. The lowest BCUT2D eigenvalue weighted by molar-refractivity contribution is 0.0907. The summed E-state index contributed by atoms with van der Waals surface area (Å²) in [7, 11) is 3.47. The largest absolute Gasteiger partial charge is 0.383 e. The molecule has 0 spiro atoms. The third kappa shape index (κ3) is 3.11. The third-order valence-corrected chi connectivity index (χ3v) is 3.62. The maximum absolute atomic E-state index is 12.6. The van der Waals surface area contributed by atoms with Crippen LogP contribution < -0.4 is 5.32 Å². The van der Waals surface area contributed by atoms with Gasteiger partial charge in [0.15, 0.2) is 5.65 Å². The Labute approximate surface area is 130 Å². The molecule has 0 aliphatic heterocycles. The second-order valence-corrected chi connectivity index (χ2v) is 5.99. The van der Waals surface area contributed by atoms with Gasteiger partial charge in [0.25, 0.3) is 5.91 Å². The fourth-order valence-corrected chi connectivity index (χ4v) is 2.53. The van der Waals surface area contributed by atoms with Crippen LogP contribution in [0.4, 0.5) is 0 Å². The zero-order valence-electron chi connectivity index (χ0n) is 14.1. The molecule has 2 aromatic rings. The number of methoxy groups -OCH3 is 1. The van der Waals surface area contributed by atoms with E-state index in [2.05, 4.69) is 29.2 Å².